The Kier molecular flexibility index (Phi) is 12.6. The Morgan fingerprint density at radius 2 is 0.851 bits per heavy atom. The average Bonchev–Trinajstić information content (AvgIpc) is 4.13. The standard InChI is InChI=1S/C30H35N12O22P3/c43-16-10(60-28(19(16)46)40-7-37-13-22(40)31-4-34-25(13)47)2-58-66(53,54)64-21-18(45)12(62-30(21)42-9-39-15-24(42)33-6-36-27(15)49)3-59-67(55,56)63-20-17(44)11(1-57-65(50,51)52)61-29(20)41-8-38-14-23(41)32-5-35-26(14)48/h4-12,16-21,28-30,43-46H,1-3H2,(H,53,54)(H,55,56)(H,31,34,47)(H,32,35,48)(H,33,36,49)(H2,50,51,52)/t10-,11-,12-,16-,17-,18-,19-,20-,21-,28?,29?,30?/m1/s1. The number of aromatic nitrogens is 12. The Hall–Kier alpha value is -4.90. The van der Waals surface area contributed by atoms with Crippen molar-refractivity contribution in [3.63, 3.8) is 0 Å². The lowest BCUT2D eigenvalue weighted by Crippen LogP contribution is -2.37. The van der Waals surface area contributed by atoms with E-state index in [0.29, 0.717) is 0 Å². The van der Waals surface area contributed by atoms with Gasteiger partial charge in [-0.3, -0.25) is 50.7 Å². The van der Waals surface area contributed by atoms with Gasteiger partial charge < -0.3 is 69.2 Å². The second-order valence-corrected chi connectivity index (χ2v) is 18.8. The van der Waals surface area contributed by atoms with Gasteiger partial charge in [0.15, 0.2) is 52.2 Å². The highest BCUT2D eigenvalue weighted by molar-refractivity contribution is 7.47. The van der Waals surface area contributed by atoms with Gasteiger partial charge in [0, 0.05) is 0 Å². The number of aliphatic hydroxyl groups is 4. The molecule has 6 aromatic heterocycles. The molecule has 0 saturated carbocycles. The monoisotopic (exact) mass is 1010 g/mol. The van der Waals surface area contributed by atoms with E-state index in [-0.39, 0.29) is 33.5 Å². The fourth-order valence-electron chi connectivity index (χ4n) is 7.51. The van der Waals surface area contributed by atoms with Crippen LogP contribution in [0.3, 0.4) is 0 Å². The van der Waals surface area contributed by atoms with E-state index in [4.69, 9.17) is 32.3 Å². The van der Waals surface area contributed by atoms with Crippen molar-refractivity contribution in [2.24, 2.45) is 0 Å². The highest BCUT2D eigenvalue weighted by atomic mass is 31.2. The maximum Gasteiger partial charge on any atom is 0.472 e. The zero-order valence-corrected chi connectivity index (χ0v) is 35.9. The molecule has 5 unspecified atom stereocenters. The zero-order valence-electron chi connectivity index (χ0n) is 33.2. The Balaban J connectivity index is 0.921. The summed E-state index contributed by atoms with van der Waals surface area (Å²) in [5.74, 6) is 0. The van der Waals surface area contributed by atoms with Crippen molar-refractivity contribution >= 4 is 57.0 Å². The van der Waals surface area contributed by atoms with E-state index < -0.39 is 134 Å². The van der Waals surface area contributed by atoms with Gasteiger partial charge in [0.1, 0.15) is 54.9 Å². The molecule has 9 rings (SSSR count). The van der Waals surface area contributed by atoms with Crippen LogP contribution >= 0.6 is 23.5 Å². The molecule has 362 valence electrons. The molecule has 0 amide bonds. The van der Waals surface area contributed by atoms with Gasteiger partial charge in [0.05, 0.1) is 57.8 Å². The summed E-state index contributed by atoms with van der Waals surface area (Å²) in [4.78, 5) is 108. The fourth-order valence-corrected chi connectivity index (χ4v) is 9.71. The number of imidazole rings is 3. The Morgan fingerprint density at radius 1 is 0.507 bits per heavy atom. The number of fused-ring (bicyclic) bond motifs is 3. The highest BCUT2D eigenvalue weighted by Gasteiger charge is 2.53. The van der Waals surface area contributed by atoms with Gasteiger partial charge in [-0.15, -0.1) is 0 Å². The van der Waals surface area contributed by atoms with E-state index in [1.807, 2.05) is 0 Å². The lowest BCUT2D eigenvalue weighted by atomic mass is 10.1. The van der Waals surface area contributed by atoms with Crippen LogP contribution in [-0.4, -0.2) is 173 Å². The minimum Gasteiger partial charge on any atom is -0.387 e. The van der Waals surface area contributed by atoms with Gasteiger partial charge >= 0.3 is 23.5 Å². The maximum absolute atomic E-state index is 13.6. The summed E-state index contributed by atoms with van der Waals surface area (Å²) >= 11 is 0. The molecular formula is C30H35N12O22P3. The number of aromatic amines is 3. The predicted molar refractivity (Wildman–Crippen MR) is 209 cm³/mol. The molecule has 3 saturated heterocycles. The molecular weight excluding hydrogens is 973 g/mol. The summed E-state index contributed by atoms with van der Waals surface area (Å²) in [7, 11) is -16.0. The third-order valence-corrected chi connectivity index (χ3v) is 13.1. The maximum atomic E-state index is 13.6. The molecule has 3 aliphatic heterocycles. The Morgan fingerprint density at radius 3 is 1.24 bits per heavy atom. The molecule has 14 atom stereocenters. The third-order valence-electron chi connectivity index (χ3n) is 10.6. The molecule has 3 aliphatic rings. The molecule has 11 N–H and O–H groups in total. The van der Waals surface area contributed by atoms with Crippen LogP contribution in [0.5, 0.6) is 0 Å². The number of rotatable bonds is 16. The quantitative estimate of drug-likeness (QED) is 0.0408. The number of H-pyrrole nitrogens is 3. The van der Waals surface area contributed by atoms with Crippen LogP contribution < -0.4 is 16.7 Å². The van der Waals surface area contributed by atoms with Gasteiger partial charge in [-0.2, -0.15) is 0 Å². The van der Waals surface area contributed by atoms with Crippen LogP contribution in [0.4, 0.5) is 0 Å². The fraction of sp³-hybridized carbons (Fsp3) is 0.500. The second-order valence-electron chi connectivity index (χ2n) is 14.8. The van der Waals surface area contributed by atoms with Gasteiger partial charge in [-0.25, -0.2) is 43.6 Å². The first-order chi connectivity index (χ1) is 31.7. The summed E-state index contributed by atoms with van der Waals surface area (Å²) in [6, 6.07) is 0. The minimum atomic E-state index is -5.48. The second kappa shape index (κ2) is 17.9. The molecule has 0 aromatic carbocycles. The van der Waals surface area contributed by atoms with Gasteiger partial charge in [-0.05, 0) is 0 Å². The van der Waals surface area contributed by atoms with Crippen molar-refractivity contribution in [2.75, 3.05) is 19.8 Å². The number of nitrogens with zero attached hydrogens (tertiary/aromatic N) is 9. The zero-order chi connectivity index (χ0) is 47.7. The van der Waals surface area contributed by atoms with Crippen molar-refractivity contribution in [1.82, 2.24) is 58.6 Å². The molecule has 9 heterocycles. The normalized spacial score (nSPS) is 31.0. The van der Waals surface area contributed by atoms with Crippen LogP contribution in [0.15, 0.2) is 52.3 Å². The molecule has 34 nitrogen and oxygen atoms in total. The Bertz CT molecular complexity index is 3140. The highest BCUT2D eigenvalue weighted by Crippen LogP contribution is 2.53. The number of phosphoric ester groups is 3. The lowest BCUT2D eigenvalue weighted by molar-refractivity contribution is -0.0644. The molecule has 0 bridgehead atoms. The number of ether oxygens (including phenoxy) is 3. The number of aliphatic hydroxyl groups excluding tert-OH is 4. The van der Waals surface area contributed by atoms with Crippen molar-refractivity contribution in [3.05, 3.63) is 69.0 Å². The first kappa shape index (κ1) is 47.2. The summed E-state index contributed by atoms with van der Waals surface area (Å²) in [6.45, 7) is -3.02. The predicted octanol–water partition coefficient (Wildman–Crippen LogP) is -4.36. The summed E-state index contributed by atoms with van der Waals surface area (Å²) in [6.07, 6.45) is -15.2. The topological polar surface area (TPSA) is 478 Å². The van der Waals surface area contributed by atoms with E-state index in [1.54, 1.807) is 0 Å². The first-order valence-electron chi connectivity index (χ1n) is 19.1. The molecule has 37 heteroatoms. The molecule has 6 aromatic rings. The lowest BCUT2D eigenvalue weighted by Gasteiger charge is -2.25. The molecule has 0 spiro atoms. The van der Waals surface area contributed by atoms with Crippen molar-refractivity contribution in [3.8, 4) is 0 Å². The molecule has 0 aliphatic carbocycles. The van der Waals surface area contributed by atoms with Crippen LogP contribution in [0.2, 0.25) is 0 Å². The largest absolute Gasteiger partial charge is 0.472 e. The summed E-state index contributed by atoms with van der Waals surface area (Å²) in [5, 5.41) is 44.2. The summed E-state index contributed by atoms with van der Waals surface area (Å²) < 4.78 is 84.4. The number of nitrogens with one attached hydrogen (secondary N) is 3. The summed E-state index contributed by atoms with van der Waals surface area (Å²) in [5.41, 5.74) is -3.08. The van der Waals surface area contributed by atoms with Crippen LogP contribution in [0, 0.1) is 0 Å². The van der Waals surface area contributed by atoms with E-state index in [2.05, 4.69) is 49.4 Å². The number of hydrogen-bond acceptors (Lipinski definition) is 24. The SMILES string of the molecule is O=c1[nH]cnc2c1ncn2C1O[C@H](COP(=O)(O)O[C@H]2C(n3cnc4c(=O)[nH]cnc43)O[C@H](COP(=O)(O)O[C@H]3C(n4cnc5c(=O)[nH]cnc54)O[C@H](COP(=O)(O)O)[C@H]3O)[C@H]2O)[C@@H](O)[C@H]1O. The van der Waals surface area contributed by atoms with Crippen molar-refractivity contribution in [2.45, 2.75) is 73.6 Å². The van der Waals surface area contributed by atoms with Gasteiger partial charge in [0.2, 0.25) is 0 Å². The van der Waals surface area contributed by atoms with E-state index in [9.17, 15) is 68.1 Å². The van der Waals surface area contributed by atoms with Crippen LogP contribution in [0.25, 0.3) is 33.5 Å². The van der Waals surface area contributed by atoms with E-state index in [1.165, 1.54) is 0 Å². The van der Waals surface area contributed by atoms with Crippen LogP contribution in [0.1, 0.15) is 18.7 Å². The number of hydrogen-bond donors (Lipinski definition) is 11. The molecule has 3 fully saturated rings. The average molecular weight is 1010 g/mol. The Labute approximate surface area is 368 Å². The number of phosphoric acid groups is 3. The first-order valence-corrected chi connectivity index (χ1v) is 23.6. The third kappa shape index (κ3) is 9.22. The molecule has 67 heavy (non-hydrogen) atoms. The smallest absolute Gasteiger partial charge is 0.387 e. The molecule has 0 radical (unpaired) electrons. The van der Waals surface area contributed by atoms with Gasteiger partial charge in [0.25, 0.3) is 16.7 Å². The van der Waals surface area contributed by atoms with Crippen molar-refractivity contribution < 1.29 is 90.5 Å². The van der Waals surface area contributed by atoms with E-state index in [0.717, 1.165) is 51.7 Å². The van der Waals surface area contributed by atoms with Gasteiger partial charge in [-0.1, -0.05) is 0 Å². The van der Waals surface area contributed by atoms with E-state index >= 15 is 0 Å². The van der Waals surface area contributed by atoms with Crippen molar-refractivity contribution in [1.29, 1.82) is 0 Å². The minimum absolute atomic E-state index is 0.0288. The van der Waals surface area contributed by atoms with Crippen LogP contribution in [-0.2, 0) is 50.5 Å².